The molecule has 3 aromatic rings. The summed E-state index contributed by atoms with van der Waals surface area (Å²) < 4.78 is 11.6. The summed E-state index contributed by atoms with van der Waals surface area (Å²) in [6.07, 6.45) is 3.36. The first kappa shape index (κ1) is 23.3. The third-order valence-electron chi connectivity index (χ3n) is 6.98. The summed E-state index contributed by atoms with van der Waals surface area (Å²) in [6, 6.07) is 15.0. The van der Waals surface area contributed by atoms with E-state index in [-0.39, 0.29) is 23.8 Å². The number of hydrogen-bond donors (Lipinski definition) is 1. The van der Waals surface area contributed by atoms with Gasteiger partial charge in [0.15, 0.2) is 11.5 Å². The van der Waals surface area contributed by atoms with Crippen molar-refractivity contribution in [3.8, 4) is 16.9 Å². The highest BCUT2D eigenvalue weighted by Crippen LogP contribution is 2.40. The predicted octanol–water partition coefficient (Wildman–Crippen LogP) is 4.79. The van der Waals surface area contributed by atoms with Crippen molar-refractivity contribution in [1.29, 1.82) is 0 Å². The zero-order valence-electron chi connectivity index (χ0n) is 20.3. The van der Waals surface area contributed by atoms with Crippen LogP contribution in [0.25, 0.3) is 11.1 Å². The van der Waals surface area contributed by atoms with Crippen LogP contribution in [0.4, 0.5) is 0 Å². The molecule has 1 fully saturated rings. The van der Waals surface area contributed by atoms with Crippen molar-refractivity contribution in [1.82, 2.24) is 15.4 Å². The van der Waals surface area contributed by atoms with E-state index >= 15 is 0 Å². The molecule has 0 aliphatic carbocycles. The van der Waals surface area contributed by atoms with Gasteiger partial charge in [-0.2, -0.15) is 0 Å². The highest BCUT2D eigenvalue weighted by atomic mass is 16.5. The Bertz CT molecular complexity index is 1220. The van der Waals surface area contributed by atoms with Crippen molar-refractivity contribution in [2.75, 3.05) is 19.6 Å². The summed E-state index contributed by atoms with van der Waals surface area (Å²) in [6.45, 7) is 7.38. The van der Waals surface area contributed by atoms with E-state index in [1.807, 2.05) is 37.3 Å². The predicted molar refractivity (Wildman–Crippen MR) is 133 cm³/mol. The maximum absolute atomic E-state index is 13.1. The lowest BCUT2D eigenvalue weighted by Gasteiger charge is -2.44. The molecule has 35 heavy (non-hydrogen) atoms. The number of aromatic nitrogens is 1. The first-order chi connectivity index (χ1) is 16.9. The fraction of sp³-hybridized carbons (Fsp3) is 0.393. The van der Waals surface area contributed by atoms with Gasteiger partial charge in [-0.05, 0) is 55.3 Å². The van der Waals surface area contributed by atoms with E-state index in [1.165, 1.54) is 0 Å². The average Bonchev–Trinajstić information content (AvgIpc) is 3.29. The summed E-state index contributed by atoms with van der Waals surface area (Å²) in [4.78, 5) is 28.1. The second-order valence-corrected chi connectivity index (χ2v) is 9.63. The van der Waals surface area contributed by atoms with Gasteiger partial charge in [-0.25, -0.2) is 0 Å². The minimum absolute atomic E-state index is 0.149. The van der Waals surface area contributed by atoms with Gasteiger partial charge in [0.05, 0.1) is 24.2 Å². The number of aryl methyl sites for hydroxylation is 1. The van der Waals surface area contributed by atoms with Gasteiger partial charge in [0.25, 0.3) is 5.91 Å². The molecule has 0 saturated carbocycles. The van der Waals surface area contributed by atoms with Gasteiger partial charge in [0.1, 0.15) is 11.4 Å². The number of carbonyl (C=O) groups excluding carboxylic acids is 2. The number of Topliss-reactive ketones (excluding diaryl/α,β-unsaturated/α-hetero) is 1. The maximum Gasteiger partial charge on any atom is 0.251 e. The van der Waals surface area contributed by atoms with Gasteiger partial charge in [-0.3, -0.25) is 9.59 Å². The fourth-order valence-corrected chi connectivity index (χ4v) is 5.04. The number of rotatable bonds is 6. The SMILES string of the molecule is CCCN1CCC2(CC1)CC(=O)c1cc(-c3ccc(C(=O)NCc4cc(C)no4)cc3)ccc1O2. The smallest absolute Gasteiger partial charge is 0.251 e. The molecule has 1 N–H and O–H groups in total. The molecule has 1 saturated heterocycles. The highest BCUT2D eigenvalue weighted by Gasteiger charge is 2.42. The summed E-state index contributed by atoms with van der Waals surface area (Å²) in [5, 5.41) is 6.66. The lowest BCUT2D eigenvalue weighted by Crippen LogP contribution is -2.51. The van der Waals surface area contributed by atoms with Gasteiger partial charge in [-0.15, -0.1) is 0 Å². The molecule has 0 unspecified atom stereocenters. The van der Waals surface area contributed by atoms with Crippen molar-refractivity contribution in [2.24, 2.45) is 0 Å². The van der Waals surface area contributed by atoms with Gasteiger partial charge in [-0.1, -0.05) is 30.3 Å². The van der Waals surface area contributed by atoms with Crippen molar-refractivity contribution >= 4 is 11.7 Å². The number of likely N-dealkylation sites (tertiary alicyclic amines) is 1. The van der Waals surface area contributed by atoms with E-state index in [9.17, 15) is 9.59 Å². The molecule has 0 bridgehead atoms. The Morgan fingerprint density at radius 2 is 1.83 bits per heavy atom. The van der Waals surface area contributed by atoms with Gasteiger partial charge >= 0.3 is 0 Å². The van der Waals surface area contributed by atoms with Crippen molar-refractivity contribution < 1.29 is 18.8 Å². The number of hydrogen-bond acceptors (Lipinski definition) is 6. The number of nitrogens with one attached hydrogen (secondary N) is 1. The average molecular weight is 474 g/mol. The normalized spacial score (nSPS) is 17.1. The monoisotopic (exact) mass is 473 g/mol. The molecule has 7 heteroatoms. The van der Waals surface area contributed by atoms with Crippen LogP contribution in [-0.4, -0.2) is 47.0 Å². The molecule has 0 atom stereocenters. The van der Waals surface area contributed by atoms with Crippen LogP contribution in [0.1, 0.15) is 64.8 Å². The number of ketones is 1. The highest BCUT2D eigenvalue weighted by molar-refractivity contribution is 6.01. The lowest BCUT2D eigenvalue weighted by molar-refractivity contribution is -0.00886. The Morgan fingerprint density at radius 3 is 2.51 bits per heavy atom. The largest absolute Gasteiger partial charge is 0.486 e. The molecule has 5 rings (SSSR count). The number of benzene rings is 2. The summed E-state index contributed by atoms with van der Waals surface area (Å²) >= 11 is 0. The Hall–Kier alpha value is -3.45. The lowest BCUT2D eigenvalue weighted by atomic mass is 9.82. The van der Waals surface area contributed by atoms with Crippen LogP contribution in [0.5, 0.6) is 5.75 Å². The molecule has 2 aliphatic heterocycles. The number of piperidine rings is 1. The molecule has 2 aromatic carbocycles. The van der Waals surface area contributed by atoms with Crippen LogP contribution in [0.3, 0.4) is 0 Å². The Kier molecular flexibility index (Phi) is 6.43. The molecule has 1 spiro atoms. The van der Waals surface area contributed by atoms with E-state index in [0.717, 1.165) is 55.7 Å². The van der Waals surface area contributed by atoms with Crippen LogP contribution < -0.4 is 10.1 Å². The topological polar surface area (TPSA) is 84.7 Å². The first-order valence-electron chi connectivity index (χ1n) is 12.3. The minimum Gasteiger partial charge on any atom is -0.486 e. The second-order valence-electron chi connectivity index (χ2n) is 9.63. The molecule has 0 radical (unpaired) electrons. The van der Waals surface area contributed by atoms with Gasteiger partial charge in [0.2, 0.25) is 0 Å². The van der Waals surface area contributed by atoms with Crippen LogP contribution in [0.15, 0.2) is 53.1 Å². The molecule has 1 aromatic heterocycles. The standard InChI is InChI=1S/C28H31N3O4/c1-3-12-31-13-10-28(11-14-31)17-25(32)24-16-22(8-9-26(24)34-28)20-4-6-21(7-5-20)27(33)29-18-23-15-19(2)30-35-23/h4-9,15-16H,3,10-14,17-18H2,1-2H3,(H,29,33). The Labute approximate surface area is 205 Å². The Balaban J connectivity index is 1.26. The summed E-state index contributed by atoms with van der Waals surface area (Å²) in [7, 11) is 0. The van der Waals surface area contributed by atoms with Gasteiger partial charge < -0.3 is 19.5 Å². The van der Waals surface area contributed by atoms with E-state index < -0.39 is 0 Å². The quantitative estimate of drug-likeness (QED) is 0.554. The Morgan fingerprint density at radius 1 is 1.09 bits per heavy atom. The first-order valence-corrected chi connectivity index (χ1v) is 12.3. The van der Waals surface area contributed by atoms with E-state index in [0.29, 0.717) is 29.1 Å². The van der Waals surface area contributed by atoms with Crippen LogP contribution in [0, 0.1) is 6.92 Å². The van der Waals surface area contributed by atoms with Crippen LogP contribution in [0.2, 0.25) is 0 Å². The summed E-state index contributed by atoms with van der Waals surface area (Å²) in [5.41, 5.74) is 3.48. The molecular weight excluding hydrogens is 442 g/mol. The minimum atomic E-state index is -0.366. The van der Waals surface area contributed by atoms with Crippen molar-refractivity contribution in [2.45, 2.75) is 51.7 Å². The number of fused-ring (bicyclic) bond motifs is 1. The number of carbonyl (C=O) groups is 2. The molecule has 3 heterocycles. The third kappa shape index (κ3) is 5.00. The fourth-order valence-electron chi connectivity index (χ4n) is 5.04. The van der Waals surface area contributed by atoms with Gasteiger partial charge in [0, 0.05) is 37.6 Å². The van der Waals surface area contributed by atoms with E-state index in [4.69, 9.17) is 9.26 Å². The maximum atomic E-state index is 13.1. The zero-order valence-corrected chi connectivity index (χ0v) is 20.3. The zero-order chi connectivity index (χ0) is 24.4. The second kappa shape index (κ2) is 9.66. The number of nitrogens with zero attached hydrogens (tertiary/aromatic N) is 2. The van der Waals surface area contributed by atoms with Crippen molar-refractivity contribution in [3.05, 3.63) is 71.1 Å². The van der Waals surface area contributed by atoms with E-state index in [2.05, 4.69) is 22.3 Å². The molecule has 7 nitrogen and oxygen atoms in total. The molecule has 2 aliphatic rings. The molecule has 182 valence electrons. The number of amides is 1. The van der Waals surface area contributed by atoms with Crippen LogP contribution >= 0.6 is 0 Å². The summed E-state index contributed by atoms with van der Waals surface area (Å²) in [5.74, 6) is 1.26. The molecule has 1 amide bonds. The van der Waals surface area contributed by atoms with Crippen molar-refractivity contribution in [3.63, 3.8) is 0 Å². The van der Waals surface area contributed by atoms with Crippen LogP contribution in [-0.2, 0) is 6.54 Å². The van der Waals surface area contributed by atoms with E-state index in [1.54, 1.807) is 18.2 Å². The number of ether oxygens (including phenoxy) is 1. The molecular formula is C28H31N3O4. The third-order valence-corrected chi connectivity index (χ3v) is 6.98.